The van der Waals surface area contributed by atoms with Crippen LogP contribution >= 0.6 is 0 Å². The van der Waals surface area contributed by atoms with Crippen LogP contribution in [0.5, 0.6) is 5.75 Å². The van der Waals surface area contributed by atoms with Gasteiger partial charge in [0.1, 0.15) is 11.4 Å². The van der Waals surface area contributed by atoms with Gasteiger partial charge in [0.15, 0.2) is 0 Å². The van der Waals surface area contributed by atoms with Gasteiger partial charge in [-0.2, -0.15) is 0 Å². The number of hydrogen-bond donors (Lipinski definition) is 1. The van der Waals surface area contributed by atoms with E-state index in [-0.39, 0.29) is 5.75 Å². The van der Waals surface area contributed by atoms with Crippen molar-refractivity contribution in [2.24, 2.45) is 0 Å². The lowest BCUT2D eigenvalue weighted by atomic mass is 10.1. The zero-order chi connectivity index (χ0) is 14.8. The van der Waals surface area contributed by atoms with Gasteiger partial charge in [-0.3, -0.25) is 0 Å². The molecule has 0 radical (unpaired) electrons. The van der Waals surface area contributed by atoms with Crippen molar-refractivity contribution in [1.82, 2.24) is 15.0 Å². The van der Waals surface area contributed by atoms with E-state index in [0.29, 0.717) is 11.3 Å². The van der Waals surface area contributed by atoms with Crippen LogP contribution in [0.25, 0.3) is 16.9 Å². The second kappa shape index (κ2) is 5.28. The van der Waals surface area contributed by atoms with Crippen molar-refractivity contribution in [3.05, 3.63) is 54.7 Å². The molecule has 2 aromatic carbocycles. The number of phenols is 1. The molecule has 0 spiro atoms. The lowest BCUT2D eigenvalue weighted by Crippen LogP contribution is -2.08. The smallest absolute Gasteiger partial charge is 0.125 e. The van der Waals surface area contributed by atoms with E-state index in [1.807, 2.05) is 55.4 Å². The van der Waals surface area contributed by atoms with Crippen LogP contribution in [-0.2, 0) is 0 Å². The van der Waals surface area contributed by atoms with E-state index in [1.165, 1.54) is 0 Å². The summed E-state index contributed by atoms with van der Waals surface area (Å²) in [6.07, 6.45) is 1.81. The molecule has 1 heterocycles. The monoisotopic (exact) mass is 280 g/mol. The molecule has 3 aromatic rings. The molecule has 0 saturated carbocycles. The summed E-state index contributed by atoms with van der Waals surface area (Å²) in [7, 11) is 4.00. The molecule has 0 amide bonds. The van der Waals surface area contributed by atoms with Crippen molar-refractivity contribution < 1.29 is 5.11 Å². The van der Waals surface area contributed by atoms with Gasteiger partial charge >= 0.3 is 0 Å². The minimum absolute atomic E-state index is 0.201. The van der Waals surface area contributed by atoms with Crippen molar-refractivity contribution in [3.8, 4) is 22.7 Å². The first kappa shape index (κ1) is 13.2. The molecular formula is C16H16N4O. The van der Waals surface area contributed by atoms with Gasteiger partial charge in [0.05, 0.1) is 11.9 Å². The van der Waals surface area contributed by atoms with E-state index in [9.17, 15) is 5.11 Å². The van der Waals surface area contributed by atoms with Gasteiger partial charge in [-0.1, -0.05) is 17.3 Å². The molecule has 0 unspecified atom stereocenters. The topological polar surface area (TPSA) is 54.2 Å². The van der Waals surface area contributed by atoms with Gasteiger partial charge in [-0.15, -0.1) is 5.10 Å². The Balaban J connectivity index is 1.93. The number of hydrogen-bond acceptors (Lipinski definition) is 4. The summed E-state index contributed by atoms with van der Waals surface area (Å²) in [5, 5.41) is 18.1. The Morgan fingerprint density at radius 3 is 2.38 bits per heavy atom. The molecule has 0 bridgehead atoms. The first-order chi connectivity index (χ1) is 10.1. The molecule has 5 heteroatoms. The van der Waals surface area contributed by atoms with E-state index in [4.69, 9.17) is 0 Å². The van der Waals surface area contributed by atoms with Gasteiger partial charge in [0.2, 0.25) is 0 Å². The highest BCUT2D eigenvalue weighted by Crippen LogP contribution is 2.27. The van der Waals surface area contributed by atoms with E-state index in [2.05, 4.69) is 10.3 Å². The molecule has 21 heavy (non-hydrogen) atoms. The Labute approximate surface area is 123 Å². The van der Waals surface area contributed by atoms with Crippen molar-refractivity contribution in [2.75, 3.05) is 19.0 Å². The van der Waals surface area contributed by atoms with Crippen molar-refractivity contribution in [2.45, 2.75) is 0 Å². The zero-order valence-corrected chi connectivity index (χ0v) is 11.9. The quantitative estimate of drug-likeness (QED) is 0.801. The number of rotatable bonds is 3. The number of benzene rings is 2. The van der Waals surface area contributed by atoms with Crippen LogP contribution in [-0.4, -0.2) is 34.2 Å². The molecular weight excluding hydrogens is 264 g/mol. The second-order valence-electron chi connectivity index (χ2n) is 4.98. The third-order valence-corrected chi connectivity index (χ3v) is 3.30. The number of anilines is 1. The Morgan fingerprint density at radius 1 is 1.00 bits per heavy atom. The molecule has 0 aliphatic heterocycles. The first-order valence-corrected chi connectivity index (χ1v) is 6.63. The fourth-order valence-electron chi connectivity index (χ4n) is 2.11. The van der Waals surface area contributed by atoms with E-state index >= 15 is 0 Å². The van der Waals surface area contributed by atoms with Gasteiger partial charge < -0.3 is 10.0 Å². The number of nitrogens with zero attached hydrogens (tertiary/aromatic N) is 4. The minimum atomic E-state index is 0.201. The maximum absolute atomic E-state index is 9.86. The van der Waals surface area contributed by atoms with E-state index in [1.54, 1.807) is 23.0 Å². The van der Waals surface area contributed by atoms with Crippen LogP contribution < -0.4 is 4.90 Å². The highest BCUT2D eigenvalue weighted by atomic mass is 16.3. The Bertz CT molecular complexity index is 747. The van der Waals surface area contributed by atoms with Gasteiger partial charge in [0, 0.05) is 25.3 Å². The number of aromatic hydroxyl groups is 1. The van der Waals surface area contributed by atoms with Gasteiger partial charge in [-0.05, 0) is 36.4 Å². The number of para-hydroxylation sites is 1. The standard InChI is InChI=1S/C16H16N4O/c1-19(2)12-7-9-13(10-8-12)20-11-15(17-18-20)14-5-3-4-6-16(14)21/h3-11,21H,1-2H3. The third-order valence-electron chi connectivity index (χ3n) is 3.30. The summed E-state index contributed by atoms with van der Waals surface area (Å²) in [6, 6.07) is 15.1. The van der Waals surface area contributed by atoms with Crippen LogP contribution in [0, 0.1) is 0 Å². The summed E-state index contributed by atoms with van der Waals surface area (Å²) < 4.78 is 1.70. The normalized spacial score (nSPS) is 10.6. The van der Waals surface area contributed by atoms with Crippen LogP contribution in [0.15, 0.2) is 54.7 Å². The zero-order valence-electron chi connectivity index (χ0n) is 11.9. The second-order valence-corrected chi connectivity index (χ2v) is 4.98. The van der Waals surface area contributed by atoms with Gasteiger partial charge in [0.25, 0.3) is 0 Å². The SMILES string of the molecule is CN(C)c1ccc(-n2cc(-c3ccccc3O)nn2)cc1. The predicted molar refractivity (Wildman–Crippen MR) is 82.8 cm³/mol. The Morgan fingerprint density at radius 2 is 1.71 bits per heavy atom. The summed E-state index contributed by atoms with van der Waals surface area (Å²) in [5.74, 6) is 0.201. The van der Waals surface area contributed by atoms with Crippen molar-refractivity contribution in [1.29, 1.82) is 0 Å². The van der Waals surface area contributed by atoms with Crippen molar-refractivity contribution in [3.63, 3.8) is 0 Å². The molecule has 0 saturated heterocycles. The molecule has 1 aromatic heterocycles. The summed E-state index contributed by atoms with van der Waals surface area (Å²) >= 11 is 0. The predicted octanol–water partition coefficient (Wildman–Crippen LogP) is 2.71. The van der Waals surface area contributed by atoms with E-state index in [0.717, 1.165) is 11.4 Å². The average Bonchev–Trinajstić information content (AvgIpc) is 2.97. The molecule has 5 nitrogen and oxygen atoms in total. The molecule has 1 N–H and O–H groups in total. The number of phenolic OH excluding ortho intramolecular Hbond substituents is 1. The Hall–Kier alpha value is -2.82. The largest absolute Gasteiger partial charge is 0.507 e. The maximum Gasteiger partial charge on any atom is 0.125 e. The van der Waals surface area contributed by atoms with Crippen LogP contribution in [0.3, 0.4) is 0 Å². The minimum Gasteiger partial charge on any atom is -0.507 e. The molecule has 3 rings (SSSR count). The highest BCUT2D eigenvalue weighted by molar-refractivity contribution is 5.65. The highest BCUT2D eigenvalue weighted by Gasteiger charge is 2.09. The fraction of sp³-hybridized carbons (Fsp3) is 0.125. The van der Waals surface area contributed by atoms with Crippen LogP contribution in [0.2, 0.25) is 0 Å². The fourth-order valence-corrected chi connectivity index (χ4v) is 2.11. The lowest BCUT2D eigenvalue weighted by Gasteiger charge is -2.12. The number of aromatic nitrogens is 3. The average molecular weight is 280 g/mol. The maximum atomic E-state index is 9.86. The van der Waals surface area contributed by atoms with Crippen molar-refractivity contribution >= 4 is 5.69 Å². The van der Waals surface area contributed by atoms with E-state index < -0.39 is 0 Å². The molecule has 106 valence electrons. The summed E-state index contributed by atoms with van der Waals surface area (Å²) in [5.41, 5.74) is 3.37. The molecule has 0 aliphatic carbocycles. The molecule has 0 atom stereocenters. The Kier molecular flexibility index (Phi) is 3.31. The van der Waals surface area contributed by atoms with Gasteiger partial charge in [-0.25, -0.2) is 4.68 Å². The molecule has 0 aliphatic rings. The summed E-state index contributed by atoms with van der Waals surface area (Å²) in [4.78, 5) is 2.04. The molecule has 0 fully saturated rings. The first-order valence-electron chi connectivity index (χ1n) is 6.63. The third kappa shape index (κ3) is 2.58. The van der Waals surface area contributed by atoms with Crippen LogP contribution in [0.1, 0.15) is 0 Å². The van der Waals surface area contributed by atoms with Crippen LogP contribution in [0.4, 0.5) is 5.69 Å². The lowest BCUT2D eigenvalue weighted by molar-refractivity contribution is 0.477. The summed E-state index contributed by atoms with van der Waals surface area (Å²) in [6.45, 7) is 0.